The van der Waals surface area contributed by atoms with Crippen molar-refractivity contribution in [3.8, 4) is 0 Å². The second kappa shape index (κ2) is 3.88. The van der Waals surface area contributed by atoms with Crippen LogP contribution in [0.2, 0.25) is 0 Å². The fourth-order valence-corrected chi connectivity index (χ4v) is 1.68. The molecule has 0 amide bonds. The van der Waals surface area contributed by atoms with E-state index in [1.807, 2.05) is 0 Å². The third-order valence-electron chi connectivity index (χ3n) is 2.39. The Bertz CT molecular complexity index is 338. The average molecular weight is 194 g/mol. The Morgan fingerprint density at radius 1 is 1.50 bits per heavy atom. The van der Waals surface area contributed by atoms with Gasteiger partial charge in [0.1, 0.15) is 18.6 Å². The predicted octanol–water partition coefficient (Wildman–Crippen LogP) is 2.30. The Morgan fingerprint density at radius 2 is 2.36 bits per heavy atom. The summed E-state index contributed by atoms with van der Waals surface area (Å²) in [5, 5.41) is 0. The normalized spacial score (nSPS) is 26.4. The first-order chi connectivity index (χ1) is 6.81. The van der Waals surface area contributed by atoms with Crippen molar-refractivity contribution in [2.24, 2.45) is 0 Å². The minimum absolute atomic E-state index is 0.440. The predicted molar refractivity (Wildman–Crippen MR) is 50.0 cm³/mol. The SMILES string of the molecule is O=Cc1cccc([C@@H]2OCC[C@H]2F)c1. The van der Waals surface area contributed by atoms with Gasteiger partial charge in [0.05, 0.1) is 6.61 Å². The monoisotopic (exact) mass is 194 g/mol. The van der Waals surface area contributed by atoms with E-state index in [1.54, 1.807) is 24.3 Å². The largest absolute Gasteiger partial charge is 0.370 e. The van der Waals surface area contributed by atoms with Crippen molar-refractivity contribution in [1.82, 2.24) is 0 Å². The van der Waals surface area contributed by atoms with Gasteiger partial charge in [-0.1, -0.05) is 18.2 Å². The lowest BCUT2D eigenvalue weighted by molar-refractivity contribution is 0.0777. The average Bonchev–Trinajstić information content (AvgIpc) is 2.65. The highest BCUT2D eigenvalue weighted by Crippen LogP contribution is 2.31. The van der Waals surface area contributed by atoms with Crippen LogP contribution in [0.3, 0.4) is 0 Å². The fraction of sp³-hybridized carbons (Fsp3) is 0.364. The molecule has 0 spiro atoms. The number of alkyl halides is 1. The highest BCUT2D eigenvalue weighted by Gasteiger charge is 2.29. The molecule has 3 heteroatoms. The van der Waals surface area contributed by atoms with Crippen molar-refractivity contribution >= 4 is 6.29 Å². The summed E-state index contributed by atoms with van der Waals surface area (Å²) in [7, 11) is 0. The Morgan fingerprint density at radius 3 is 3.00 bits per heavy atom. The molecule has 0 N–H and O–H groups in total. The molecule has 0 aromatic heterocycles. The second-order valence-corrected chi connectivity index (χ2v) is 3.38. The number of aldehydes is 1. The van der Waals surface area contributed by atoms with Crippen LogP contribution in [0.5, 0.6) is 0 Å². The van der Waals surface area contributed by atoms with E-state index in [1.165, 1.54) is 0 Å². The summed E-state index contributed by atoms with van der Waals surface area (Å²) >= 11 is 0. The molecular formula is C11H11FO2. The molecule has 1 aliphatic heterocycles. The summed E-state index contributed by atoms with van der Waals surface area (Å²) in [5.74, 6) is 0. The van der Waals surface area contributed by atoms with Crippen LogP contribution in [0.4, 0.5) is 4.39 Å². The lowest BCUT2D eigenvalue weighted by Crippen LogP contribution is -2.07. The topological polar surface area (TPSA) is 26.3 Å². The molecule has 0 radical (unpaired) electrons. The molecule has 0 aliphatic carbocycles. The molecule has 2 rings (SSSR count). The molecule has 0 unspecified atom stereocenters. The summed E-state index contributed by atoms with van der Waals surface area (Å²) in [4.78, 5) is 10.5. The molecule has 1 fully saturated rings. The highest BCUT2D eigenvalue weighted by molar-refractivity contribution is 5.75. The smallest absolute Gasteiger partial charge is 0.150 e. The van der Waals surface area contributed by atoms with Crippen LogP contribution in [0.1, 0.15) is 28.4 Å². The number of carbonyl (C=O) groups is 1. The van der Waals surface area contributed by atoms with Gasteiger partial charge in [0.15, 0.2) is 0 Å². The molecule has 1 aromatic rings. The fourth-order valence-electron chi connectivity index (χ4n) is 1.68. The molecule has 2 nitrogen and oxygen atoms in total. The van der Waals surface area contributed by atoms with E-state index < -0.39 is 12.3 Å². The third-order valence-corrected chi connectivity index (χ3v) is 2.39. The van der Waals surface area contributed by atoms with Crippen molar-refractivity contribution in [3.05, 3.63) is 35.4 Å². The van der Waals surface area contributed by atoms with Gasteiger partial charge in [-0.05, 0) is 11.6 Å². The van der Waals surface area contributed by atoms with E-state index in [4.69, 9.17) is 4.74 Å². The molecular weight excluding hydrogens is 183 g/mol. The Kier molecular flexibility index (Phi) is 2.59. The van der Waals surface area contributed by atoms with Gasteiger partial charge in [-0.2, -0.15) is 0 Å². The van der Waals surface area contributed by atoms with Crippen LogP contribution >= 0.6 is 0 Å². The van der Waals surface area contributed by atoms with Gasteiger partial charge in [0.25, 0.3) is 0 Å². The Balaban J connectivity index is 2.26. The second-order valence-electron chi connectivity index (χ2n) is 3.38. The van der Waals surface area contributed by atoms with Crippen molar-refractivity contribution in [2.75, 3.05) is 6.61 Å². The van der Waals surface area contributed by atoms with Crippen LogP contribution < -0.4 is 0 Å². The zero-order chi connectivity index (χ0) is 9.97. The van der Waals surface area contributed by atoms with Crippen LogP contribution in [0, 0.1) is 0 Å². The number of ether oxygens (including phenoxy) is 1. The lowest BCUT2D eigenvalue weighted by Gasteiger charge is -2.12. The van der Waals surface area contributed by atoms with Crippen LogP contribution in [0.15, 0.2) is 24.3 Å². The Hall–Kier alpha value is -1.22. The number of hydrogen-bond acceptors (Lipinski definition) is 2. The number of benzene rings is 1. The van der Waals surface area contributed by atoms with Gasteiger partial charge in [-0.25, -0.2) is 4.39 Å². The van der Waals surface area contributed by atoms with Crippen LogP contribution in [-0.2, 0) is 4.74 Å². The van der Waals surface area contributed by atoms with Gasteiger partial charge in [-0.15, -0.1) is 0 Å². The molecule has 2 atom stereocenters. The van der Waals surface area contributed by atoms with E-state index in [2.05, 4.69) is 0 Å². The van der Waals surface area contributed by atoms with Crippen LogP contribution in [-0.4, -0.2) is 19.1 Å². The standard InChI is InChI=1S/C11H11FO2/c12-10-4-5-14-11(10)9-3-1-2-8(6-9)7-13/h1-3,6-7,10-11H,4-5H2/t10-,11+/m1/s1. The quantitative estimate of drug-likeness (QED) is 0.675. The lowest BCUT2D eigenvalue weighted by atomic mass is 10.0. The van der Waals surface area contributed by atoms with E-state index >= 15 is 0 Å². The minimum Gasteiger partial charge on any atom is -0.370 e. The van der Waals surface area contributed by atoms with E-state index in [9.17, 15) is 9.18 Å². The van der Waals surface area contributed by atoms with Crippen molar-refractivity contribution in [3.63, 3.8) is 0 Å². The third kappa shape index (κ3) is 1.68. The summed E-state index contributed by atoms with van der Waals surface area (Å²) < 4.78 is 18.6. The van der Waals surface area contributed by atoms with Gasteiger partial charge >= 0.3 is 0 Å². The Labute approximate surface area is 81.7 Å². The van der Waals surface area contributed by atoms with Gasteiger partial charge in [0, 0.05) is 12.0 Å². The van der Waals surface area contributed by atoms with Crippen molar-refractivity contribution in [1.29, 1.82) is 0 Å². The maximum atomic E-state index is 13.3. The van der Waals surface area contributed by atoms with E-state index in [-0.39, 0.29) is 0 Å². The highest BCUT2D eigenvalue weighted by atomic mass is 19.1. The first-order valence-electron chi connectivity index (χ1n) is 4.62. The molecule has 0 saturated carbocycles. The van der Waals surface area contributed by atoms with Crippen molar-refractivity contribution < 1.29 is 13.9 Å². The summed E-state index contributed by atoms with van der Waals surface area (Å²) in [6.45, 7) is 0.456. The van der Waals surface area contributed by atoms with Gasteiger partial charge < -0.3 is 4.74 Å². The molecule has 0 bridgehead atoms. The summed E-state index contributed by atoms with van der Waals surface area (Å²) in [6, 6.07) is 6.90. The zero-order valence-electron chi connectivity index (χ0n) is 7.65. The molecule has 1 saturated heterocycles. The minimum atomic E-state index is -0.947. The molecule has 14 heavy (non-hydrogen) atoms. The number of carbonyl (C=O) groups excluding carboxylic acids is 1. The molecule has 1 aliphatic rings. The first-order valence-corrected chi connectivity index (χ1v) is 4.62. The van der Waals surface area contributed by atoms with Crippen LogP contribution in [0.25, 0.3) is 0 Å². The van der Waals surface area contributed by atoms with Crippen molar-refractivity contribution in [2.45, 2.75) is 18.7 Å². The first kappa shape index (κ1) is 9.34. The molecule has 1 aromatic carbocycles. The number of halogens is 1. The van der Waals surface area contributed by atoms with E-state index in [0.717, 1.165) is 11.8 Å². The maximum absolute atomic E-state index is 13.3. The zero-order valence-corrected chi connectivity index (χ0v) is 7.65. The maximum Gasteiger partial charge on any atom is 0.150 e. The number of rotatable bonds is 2. The summed E-state index contributed by atoms with van der Waals surface area (Å²) in [5.41, 5.74) is 1.31. The summed E-state index contributed by atoms with van der Waals surface area (Å²) in [6.07, 6.45) is -0.242. The van der Waals surface area contributed by atoms with Gasteiger partial charge in [-0.3, -0.25) is 4.79 Å². The number of hydrogen-bond donors (Lipinski definition) is 0. The molecule has 1 heterocycles. The molecule has 74 valence electrons. The van der Waals surface area contributed by atoms with E-state index in [0.29, 0.717) is 18.6 Å². The van der Waals surface area contributed by atoms with Gasteiger partial charge in [0.2, 0.25) is 0 Å².